The fourth-order valence-corrected chi connectivity index (χ4v) is 6.87. The van der Waals surface area contributed by atoms with Crippen molar-refractivity contribution < 1.29 is 0 Å². The smallest absolute Gasteiger partial charge is 0.160 e. The molecule has 2 heterocycles. The average Bonchev–Trinajstić information content (AvgIpc) is 3.31. The summed E-state index contributed by atoms with van der Waals surface area (Å²) in [4.78, 5) is 12.7. The first kappa shape index (κ1) is 28.6. The fraction of sp³-hybridized carbons (Fsp3) is 0. The van der Waals surface area contributed by atoms with Gasteiger partial charge in [-0.25, -0.2) is 9.97 Å². The molecule has 230 valence electrons. The van der Waals surface area contributed by atoms with Crippen LogP contribution in [0.25, 0.3) is 67.3 Å². The van der Waals surface area contributed by atoms with Gasteiger partial charge in [0, 0.05) is 33.5 Å². The third-order valence-electron chi connectivity index (χ3n) is 9.25. The first-order valence-electron chi connectivity index (χ1n) is 16.6. The molecule has 1 aromatic heterocycles. The predicted octanol–water partition coefficient (Wildman–Crippen LogP) is 12.3. The average molecular weight is 626 g/mol. The molecule has 0 amide bonds. The van der Waals surface area contributed by atoms with Crippen molar-refractivity contribution in [3.8, 4) is 67.3 Å². The summed E-state index contributed by atoms with van der Waals surface area (Å²) in [6.07, 6.45) is 0. The zero-order valence-corrected chi connectivity index (χ0v) is 26.7. The molecule has 0 saturated heterocycles. The molecular weight excluding hydrogens is 595 g/mol. The molecule has 0 radical (unpaired) electrons. The van der Waals surface area contributed by atoms with Crippen LogP contribution in [0.3, 0.4) is 0 Å². The highest BCUT2D eigenvalue weighted by atomic mass is 15.1. The van der Waals surface area contributed by atoms with E-state index in [-0.39, 0.29) is 0 Å². The molecule has 0 atom stereocenters. The summed E-state index contributed by atoms with van der Waals surface area (Å²) in [5, 5.41) is 0. The Morgan fingerprint density at radius 2 is 0.755 bits per heavy atom. The summed E-state index contributed by atoms with van der Waals surface area (Å²) < 4.78 is 0. The van der Waals surface area contributed by atoms with E-state index in [9.17, 15) is 0 Å². The lowest BCUT2D eigenvalue weighted by Crippen LogP contribution is -2.11. The van der Waals surface area contributed by atoms with Gasteiger partial charge in [0.25, 0.3) is 0 Å². The molecule has 0 bridgehead atoms. The quantitative estimate of drug-likeness (QED) is 0.191. The van der Waals surface area contributed by atoms with Gasteiger partial charge in [-0.15, -0.1) is 0 Å². The van der Waals surface area contributed by atoms with Gasteiger partial charge >= 0.3 is 0 Å². The van der Waals surface area contributed by atoms with E-state index in [1.165, 1.54) is 27.8 Å². The highest BCUT2D eigenvalue weighted by Gasteiger charge is 2.26. The number of rotatable bonds is 5. The van der Waals surface area contributed by atoms with Crippen LogP contribution in [0.5, 0.6) is 0 Å². The van der Waals surface area contributed by atoms with Crippen LogP contribution < -0.4 is 4.90 Å². The van der Waals surface area contributed by atoms with Crippen LogP contribution in [0, 0.1) is 0 Å². The van der Waals surface area contributed by atoms with Crippen LogP contribution >= 0.6 is 0 Å². The van der Waals surface area contributed by atoms with Gasteiger partial charge in [0.1, 0.15) is 0 Å². The minimum Gasteiger partial charge on any atom is -0.309 e. The van der Waals surface area contributed by atoms with Crippen LogP contribution in [0.1, 0.15) is 0 Å². The van der Waals surface area contributed by atoms with Gasteiger partial charge in [0.15, 0.2) is 5.82 Å². The fourth-order valence-electron chi connectivity index (χ4n) is 6.87. The lowest BCUT2D eigenvalue weighted by atomic mass is 9.93. The summed E-state index contributed by atoms with van der Waals surface area (Å²) in [6, 6.07) is 66.3. The molecule has 1 aliphatic heterocycles. The van der Waals surface area contributed by atoms with Gasteiger partial charge < -0.3 is 4.90 Å². The number of hydrogen-bond donors (Lipinski definition) is 0. The SMILES string of the molecule is c1ccc(-c2ccc(N3c4ccccc4-c4ccccc4-c4cc(-c5nc(-c6ccccc6)cc(-c6ccccc6)n5)ccc43)cc2)cc1. The molecular formula is C46H31N3. The van der Waals surface area contributed by atoms with Crippen LogP contribution in [0.15, 0.2) is 188 Å². The standard InChI is InChI=1S/C46H31N3/c1-4-14-32(15-5-1)33-24-27-37(28-25-33)49-44-23-13-12-22-40(44)38-20-10-11-21-39(38)41-30-36(26-29-45(41)49)46-47-42(34-16-6-2-7-17-34)31-43(48-46)35-18-8-3-9-19-35/h1-31H. The van der Waals surface area contributed by atoms with E-state index in [1.807, 2.05) is 12.1 Å². The third-order valence-corrected chi connectivity index (χ3v) is 9.25. The third kappa shape index (κ3) is 5.28. The van der Waals surface area contributed by atoms with Crippen LogP contribution in [-0.2, 0) is 0 Å². The van der Waals surface area contributed by atoms with Crippen molar-refractivity contribution in [2.24, 2.45) is 0 Å². The number of para-hydroxylation sites is 1. The van der Waals surface area contributed by atoms with E-state index in [0.29, 0.717) is 5.82 Å². The normalized spacial score (nSPS) is 11.6. The summed E-state index contributed by atoms with van der Waals surface area (Å²) in [6.45, 7) is 0. The molecule has 0 unspecified atom stereocenters. The van der Waals surface area contributed by atoms with Crippen molar-refractivity contribution in [1.82, 2.24) is 9.97 Å². The second kappa shape index (κ2) is 12.2. The van der Waals surface area contributed by atoms with Crippen LogP contribution in [0.2, 0.25) is 0 Å². The predicted molar refractivity (Wildman–Crippen MR) is 203 cm³/mol. The lowest BCUT2D eigenvalue weighted by molar-refractivity contribution is 1.18. The highest BCUT2D eigenvalue weighted by Crippen LogP contribution is 2.51. The zero-order valence-electron chi connectivity index (χ0n) is 26.7. The maximum absolute atomic E-state index is 5.16. The van der Waals surface area contributed by atoms with E-state index in [1.54, 1.807) is 0 Å². The van der Waals surface area contributed by atoms with Gasteiger partial charge in [-0.3, -0.25) is 0 Å². The topological polar surface area (TPSA) is 29.0 Å². The number of hydrogen-bond acceptors (Lipinski definition) is 3. The Morgan fingerprint density at radius 3 is 1.37 bits per heavy atom. The molecule has 0 fully saturated rings. The molecule has 1 aliphatic rings. The van der Waals surface area contributed by atoms with Crippen molar-refractivity contribution in [2.75, 3.05) is 4.90 Å². The molecule has 0 saturated carbocycles. The molecule has 3 nitrogen and oxygen atoms in total. The lowest BCUT2D eigenvalue weighted by Gasteiger charge is -2.27. The largest absolute Gasteiger partial charge is 0.309 e. The van der Waals surface area contributed by atoms with Crippen LogP contribution in [-0.4, -0.2) is 9.97 Å². The Bertz CT molecular complexity index is 2360. The summed E-state index contributed by atoms with van der Waals surface area (Å²) in [5.74, 6) is 0.695. The Morgan fingerprint density at radius 1 is 0.306 bits per heavy atom. The van der Waals surface area contributed by atoms with E-state index < -0.39 is 0 Å². The van der Waals surface area contributed by atoms with E-state index in [4.69, 9.17) is 9.97 Å². The second-order valence-electron chi connectivity index (χ2n) is 12.2. The van der Waals surface area contributed by atoms with Crippen molar-refractivity contribution >= 4 is 17.1 Å². The van der Waals surface area contributed by atoms with Gasteiger partial charge in [-0.2, -0.15) is 0 Å². The van der Waals surface area contributed by atoms with Gasteiger partial charge in [-0.05, 0) is 64.7 Å². The Kier molecular flexibility index (Phi) is 7.14. The van der Waals surface area contributed by atoms with Gasteiger partial charge in [0.05, 0.1) is 22.8 Å². The molecule has 7 aromatic carbocycles. The minimum absolute atomic E-state index is 0.695. The van der Waals surface area contributed by atoms with Gasteiger partial charge in [0.2, 0.25) is 0 Å². The van der Waals surface area contributed by atoms with E-state index in [2.05, 4.69) is 181 Å². The molecule has 8 aromatic rings. The number of fused-ring (bicyclic) bond motifs is 5. The van der Waals surface area contributed by atoms with Crippen LogP contribution in [0.4, 0.5) is 17.1 Å². The van der Waals surface area contributed by atoms with Crippen molar-refractivity contribution in [2.45, 2.75) is 0 Å². The number of benzene rings is 7. The summed E-state index contributed by atoms with van der Waals surface area (Å²) >= 11 is 0. The maximum Gasteiger partial charge on any atom is 0.160 e. The molecule has 9 rings (SSSR count). The Labute approximate surface area is 286 Å². The number of anilines is 3. The van der Waals surface area contributed by atoms with Crippen molar-refractivity contribution in [1.29, 1.82) is 0 Å². The number of aromatic nitrogens is 2. The summed E-state index contributed by atoms with van der Waals surface area (Å²) in [7, 11) is 0. The number of nitrogens with zero attached hydrogens (tertiary/aromatic N) is 3. The van der Waals surface area contributed by atoms with Crippen molar-refractivity contribution in [3.05, 3.63) is 188 Å². The molecule has 0 N–H and O–H groups in total. The first-order chi connectivity index (χ1) is 24.3. The van der Waals surface area contributed by atoms with Crippen molar-refractivity contribution in [3.63, 3.8) is 0 Å². The molecule has 0 aliphatic carbocycles. The first-order valence-corrected chi connectivity index (χ1v) is 16.6. The zero-order chi connectivity index (χ0) is 32.6. The Hall–Kier alpha value is -6.58. The second-order valence-corrected chi connectivity index (χ2v) is 12.2. The highest BCUT2D eigenvalue weighted by molar-refractivity contribution is 6.03. The maximum atomic E-state index is 5.16. The van der Waals surface area contributed by atoms with E-state index in [0.717, 1.165) is 50.7 Å². The molecule has 49 heavy (non-hydrogen) atoms. The van der Waals surface area contributed by atoms with Gasteiger partial charge in [-0.1, -0.05) is 146 Å². The Balaban J connectivity index is 1.25. The minimum atomic E-state index is 0.695. The monoisotopic (exact) mass is 625 g/mol. The molecule has 0 spiro atoms. The van der Waals surface area contributed by atoms with E-state index >= 15 is 0 Å². The summed E-state index contributed by atoms with van der Waals surface area (Å²) in [5.41, 5.74) is 15.3. The molecule has 3 heteroatoms.